The number of hydrogen-bond acceptors (Lipinski definition) is 4. The molecular formula is C18H18F3N5O4. The Labute approximate surface area is 168 Å². The van der Waals surface area contributed by atoms with Gasteiger partial charge in [0.15, 0.2) is 5.82 Å². The number of piperidine rings is 1. The standard InChI is InChI=1S/C18H18F3N5O4/c1-24-13-7-9(11-2-4-25(17(29)30)8-18(11,20)21)12(19)6-10(13)15(23-24)26-5-3-14(27)22-16(26)28/h6-7,11H,2-5,8H2,1H3,(H,29,30)(H,22,27,28). The number of aromatic nitrogens is 2. The van der Waals surface area contributed by atoms with Gasteiger partial charge in [0.05, 0.1) is 18.0 Å². The Morgan fingerprint density at radius 2 is 2.03 bits per heavy atom. The highest BCUT2D eigenvalue weighted by Crippen LogP contribution is 2.43. The van der Waals surface area contributed by atoms with Crippen molar-refractivity contribution in [3.63, 3.8) is 0 Å². The smallest absolute Gasteiger partial charge is 0.407 e. The van der Waals surface area contributed by atoms with Gasteiger partial charge >= 0.3 is 12.1 Å². The van der Waals surface area contributed by atoms with Crippen LogP contribution >= 0.6 is 0 Å². The molecule has 2 saturated heterocycles. The van der Waals surface area contributed by atoms with Crippen LogP contribution in [0.25, 0.3) is 10.9 Å². The zero-order chi connectivity index (χ0) is 21.8. The summed E-state index contributed by atoms with van der Waals surface area (Å²) in [6.07, 6.45) is -1.62. The van der Waals surface area contributed by atoms with E-state index in [0.717, 1.165) is 6.07 Å². The molecule has 9 nitrogen and oxygen atoms in total. The molecule has 1 aromatic heterocycles. The Morgan fingerprint density at radius 3 is 2.67 bits per heavy atom. The molecule has 2 aliphatic rings. The minimum Gasteiger partial charge on any atom is -0.465 e. The van der Waals surface area contributed by atoms with Crippen molar-refractivity contribution in [1.82, 2.24) is 20.0 Å². The quantitative estimate of drug-likeness (QED) is 0.768. The molecule has 0 bridgehead atoms. The maximum absolute atomic E-state index is 14.9. The summed E-state index contributed by atoms with van der Waals surface area (Å²) in [7, 11) is 1.53. The first-order chi connectivity index (χ1) is 14.1. The number of imide groups is 1. The number of amides is 4. The van der Waals surface area contributed by atoms with E-state index in [4.69, 9.17) is 5.11 Å². The van der Waals surface area contributed by atoms with Crippen molar-refractivity contribution in [3.05, 3.63) is 23.5 Å². The molecule has 0 radical (unpaired) electrons. The van der Waals surface area contributed by atoms with E-state index in [1.165, 1.54) is 22.7 Å². The minimum atomic E-state index is -3.44. The number of likely N-dealkylation sites (tertiary alicyclic amines) is 1. The van der Waals surface area contributed by atoms with Crippen LogP contribution in [0, 0.1) is 5.82 Å². The number of carbonyl (C=O) groups excluding carboxylic acids is 2. The van der Waals surface area contributed by atoms with E-state index < -0.39 is 42.2 Å². The average molecular weight is 425 g/mol. The van der Waals surface area contributed by atoms with E-state index in [1.807, 2.05) is 0 Å². The van der Waals surface area contributed by atoms with Gasteiger partial charge in [0.25, 0.3) is 5.92 Å². The van der Waals surface area contributed by atoms with Crippen molar-refractivity contribution in [2.45, 2.75) is 24.7 Å². The maximum atomic E-state index is 14.9. The minimum absolute atomic E-state index is 0.0543. The number of fused-ring (bicyclic) bond motifs is 1. The van der Waals surface area contributed by atoms with Crippen molar-refractivity contribution in [2.75, 3.05) is 24.5 Å². The number of benzene rings is 1. The molecule has 2 fully saturated rings. The second-order valence-corrected chi connectivity index (χ2v) is 7.40. The summed E-state index contributed by atoms with van der Waals surface area (Å²) in [6.45, 7) is -1.08. The van der Waals surface area contributed by atoms with Crippen molar-refractivity contribution in [3.8, 4) is 0 Å². The Hall–Kier alpha value is -3.31. The zero-order valence-corrected chi connectivity index (χ0v) is 15.9. The Bertz CT molecular complexity index is 1070. The normalized spacial score (nSPS) is 21.8. The van der Waals surface area contributed by atoms with Crippen molar-refractivity contribution in [2.24, 2.45) is 7.05 Å². The number of urea groups is 1. The monoisotopic (exact) mass is 425 g/mol. The topological polar surface area (TPSA) is 108 Å². The number of halogens is 3. The number of carbonyl (C=O) groups is 3. The van der Waals surface area contributed by atoms with Gasteiger partial charge in [0.1, 0.15) is 5.82 Å². The fourth-order valence-electron chi connectivity index (χ4n) is 3.99. The Balaban J connectivity index is 1.73. The fraction of sp³-hybridized carbons (Fsp3) is 0.444. The van der Waals surface area contributed by atoms with Crippen LogP contribution < -0.4 is 10.2 Å². The Morgan fingerprint density at radius 1 is 1.30 bits per heavy atom. The van der Waals surface area contributed by atoms with E-state index in [2.05, 4.69) is 10.4 Å². The van der Waals surface area contributed by atoms with Crippen LogP contribution in [0.15, 0.2) is 12.1 Å². The number of alkyl halides is 2. The molecule has 0 aliphatic carbocycles. The van der Waals surface area contributed by atoms with Crippen molar-refractivity contribution < 1.29 is 32.7 Å². The van der Waals surface area contributed by atoms with Gasteiger partial charge in [-0.25, -0.2) is 22.8 Å². The third-order valence-electron chi connectivity index (χ3n) is 5.50. The van der Waals surface area contributed by atoms with E-state index >= 15 is 0 Å². The van der Waals surface area contributed by atoms with Gasteiger partial charge in [-0.3, -0.25) is 19.7 Å². The lowest BCUT2D eigenvalue weighted by atomic mass is 9.85. The van der Waals surface area contributed by atoms with E-state index in [-0.39, 0.29) is 42.7 Å². The van der Waals surface area contributed by atoms with Crippen LogP contribution in [0.1, 0.15) is 24.3 Å². The molecule has 4 rings (SSSR count). The van der Waals surface area contributed by atoms with Gasteiger partial charge in [-0.15, -0.1) is 0 Å². The van der Waals surface area contributed by atoms with E-state index in [0.29, 0.717) is 10.4 Å². The lowest BCUT2D eigenvalue weighted by molar-refractivity contribution is -0.120. The van der Waals surface area contributed by atoms with Gasteiger partial charge in [0, 0.05) is 31.9 Å². The number of aryl methyl sites for hydroxylation is 1. The van der Waals surface area contributed by atoms with E-state index in [1.54, 1.807) is 0 Å². The van der Waals surface area contributed by atoms with E-state index in [9.17, 15) is 27.6 Å². The lowest BCUT2D eigenvalue weighted by Crippen LogP contribution is -2.49. The summed E-state index contributed by atoms with van der Waals surface area (Å²) in [4.78, 5) is 36.3. The summed E-state index contributed by atoms with van der Waals surface area (Å²) in [5.41, 5.74) is 0.105. The molecule has 2 aliphatic heterocycles. The molecule has 3 heterocycles. The zero-order valence-electron chi connectivity index (χ0n) is 15.9. The predicted molar refractivity (Wildman–Crippen MR) is 98.1 cm³/mol. The van der Waals surface area contributed by atoms with Gasteiger partial charge in [-0.2, -0.15) is 5.10 Å². The molecule has 30 heavy (non-hydrogen) atoms. The second-order valence-electron chi connectivity index (χ2n) is 7.40. The lowest BCUT2D eigenvalue weighted by Gasteiger charge is -2.37. The number of rotatable bonds is 2. The van der Waals surface area contributed by atoms with Crippen molar-refractivity contribution >= 4 is 34.8 Å². The third-order valence-corrected chi connectivity index (χ3v) is 5.50. The van der Waals surface area contributed by atoms with Gasteiger partial charge in [-0.1, -0.05) is 0 Å². The fourth-order valence-corrected chi connectivity index (χ4v) is 3.99. The first kappa shape index (κ1) is 20.0. The van der Waals surface area contributed by atoms with Crippen LogP contribution in [0.5, 0.6) is 0 Å². The molecule has 1 aromatic carbocycles. The van der Waals surface area contributed by atoms with Crippen molar-refractivity contribution in [1.29, 1.82) is 0 Å². The number of hydrogen-bond donors (Lipinski definition) is 2. The number of nitrogens with one attached hydrogen (secondary N) is 1. The molecule has 0 spiro atoms. The largest absolute Gasteiger partial charge is 0.465 e. The molecule has 0 saturated carbocycles. The number of carboxylic acid groups (broad SMARTS) is 1. The summed E-state index contributed by atoms with van der Waals surface area (Å²) < 4.78 is 45.6. The van der Waals surface area contributed by atoms with Gasteiger partial charge in [0.2, 0.25) is 5.91 Å². The highest BCUT2D eigenvalue weighted by molar-refractivity contribution is 6.08. The highest BCUT2D eigenvalue weighted by Gasteiger charge is 2.47. The second kappa shape index (κ2) is 6.89. The molecular weight excluding hydrogens is 407 g/mol. The van der Waals surface area contributed by atoms with Crippen LogP contribution in [0.3, 0.4) is 0 Å². The van der Waals surface area contributed by atoms with Crippen LogP contribution in [0.2, 0.25) is 0 Å². The summed E-state index contributed by atoms with van der Waals surface area (Å²) in [5.74, 6) is -6.14. The molecule has 2 N–H and O–H groups in total. The number of anilines is 1. The first-order valence-corrected chi connectivity index (χ1v) is 9.21. The highest BCUT2D eigenvalue weighted by atomic mass is 19.3. The molecule has 4 amide bonds. The number of nitrogens with zero attached hydrogens (tertiary/aromatic N) is 4. The predicted octanol–water partition coefficient (Wildman–Crippen LogP) is 2.26. The van der Waals surface area contributed by atoms with Crippen LogP contribution in [-0.2, 0) is 11.8 Å². The molecule has 1 atom stereocenters. The molecule has 12 heteroatoms. The maximum Gasteiger partial charge on any atom is 0.407 e. The SMILES string of the molecule is Cn1nc(N2CCC(=O)NC2=O)c2cc(F)c(C3CCN(C(=O)O)CC3(F)F)cc21. The van der Waals surface area contributed by atoms with Gasteiger partial charge < -0.3 is 10.0 Å². The molecule has 1 unspecified atom stereocenters. The Kier molecular flexibility index (Phi) is 4.59. The first-order valence-electron chi connectivity index (χ1n) is 9.21. The van der Waals surface area contributed by atoms with Crippen LogP contribution in [0.4, 0.5) is 28.6 Å². The molecule has 2 aromatic rings. The summed E-state index contributed by atoms with van der Waals surface area (Å²) in [5, 5.41) is 15.6. The third kappa shape index (κ3) is 3.21. The van der Waals surface area contributed by atoms with Crippen LogP contribution in [-0.4, -0.2) is 63.4 Å². The summed E-state index contributed by atoms with van der Waals surface area (Å²) in [6, 6.07) is 1.63. The van der Waals surface area contributed by atoms with Gasteiger partial charge in [-0.05, 0) is 24.1 Å². The molecule has 160 valence electrons. The average Bonchev–Trinajstić information content (AvgIpc) is 2.96. The summed E-state index contributed by atoms with van der Waals surface area (Å²) >= 11 is 0.